The first-order valence-corrected chi connectivity index (χ1v) is 11.0. The van der Waals surface area contributed by atoms with Gasteiger partial charge in [0.05, 0.1) is 11.0 Å². The summed E-state index contributed by atoms with van der Waals surface area (Å²) in [7, 11) is 0. The first kappa shape index (κ1) is 19.5. The Morgan fingerprint density at radius 1 is 1.06 bits per heavy atom. The molecule has 3 N–H and O–H groups in total. The van der Waals surface area contributed by atoms with Crippen LogP contribution < -0.4 is 10.6 Å². The van der Waals surface area contributed by atoms with Crippen LogP contribution in [-0.4, -0.2) is 30.8 Å². The van der Waals surface area contributed by atoms with Gasteiger partial charge in [-0.15, -0.1) is 0 Å². The van der Waals surface area contributed by atoms with Crippen LogP contribution in [0.1, 0.15) is 25.6 Å². The highest BCUT2D eigenvalue weighted by atomic mass is 32.2. The molecule has 31 heavy (non-hydrogen) atoms. The van der Waals surface area contributed by atoms with E-state index in [1.54, 1.807) is 0 Å². The Balaban J connectivity index is 1.32. The predicted octanol–water partition coefficient (Wildman–Crippen LogP) is 4.55. The molecule has 5 rings (SSSR count). The van der Waals surface area contributed by atoms with Crippen molar-refractivity contribution in [3.8, 4) is 0 Å². The number of hydrogen-bond acceptors (Lipinski definition) is 7. The van der Waals surface area contributed by atoms with Gasteiger partial charge in [-0.05, 0) is 61.0 Å². The summed E-state index contributed by atoms with van der Waals surface area (Å²) in [6.07, 6.45) is 2.67. The topological polar surface area (TPSA) is 108 Å². The van der Waals surface area contributed by atoms with E-state index in [0.717, 1.165) is 34.5 Å². The number of aryl methyl sites for hydroxylation is 1. The third-order valence-electron chi connectivity index (χ3n) is 4.88. The first-order chi connectivity index (χ1) is 15.2. The van der Waals surface area contributed by atoms with E-state index >= 15 is 0 Å². The fourth-order valence-corrected chi connectivity index (χ4v) is 3.84. The molecule has 9 heteroatoms. The van der Waals surface area contributed by atoms with Crippen LogP contribution in [0.4, 0.5) is 17.6 Å². The van der Waals surface area contributed by atoms with Crippen LogP contribution in [0, 0.1) is 5.92 Å². The third-order valence-corrected chi connectivity index (χ3v) is 5.75. The Morgan fingerprint density at radius 3 is 2.61 bits per heavy atom. The molecule has 0 atom stereocenters. The van der Waals surface area contributed by atoms with Gasteiger partial charge in [0.25, 0.3) is 0 Å². The highest BCUT2D eigenvalue weighted by Gasteiger charge is 2.29. The number of amides is 1. The Kier molecular flexibility index (Phi) is 5.25. The van der Waals surface area contributed by atoms with Gasteiger partial charge in [-0.3, -0.25) is 10.1 Å². The molecule has 1 saturated carbocycles. The number of carbonyl (C=O) groups excluding carboxylic acids is 1. The molecule has 0 unspecified atom stereocenters. The van der Waals surface area contributed by atoms with E-state index < -0.39 is 0 Å². The van der Waals surface area contributed by atoms with Gasteiger partial charge in [-0.2, -0.15) is 9.97 Å². The van der Waals surface area contributed by atoms with Crippen molar-refractivity contribution < 1.29 is 4.79 Å². The molecule has 0 saturated heterocycles. The summed E-state index contributed by atoms with van der Waals surface area (Å²) in [6, 6.07) is 15.5. The van der Waals surface area contributed by atoms with Gasteiger partial charge in [0.1, 0.15) is 5.82 Å². The molecular formula is C22H21N7OS. The lowest BCUT2D eigenvalue weighted by Gasteiger charge is -2.08. The number of H-pyrrole nitrogens is 1. The van der Waals surface area contributed by atoms with Crippen molar-refractivity contribution in [1.29, 1.82) is 0 Å². The quantitative estimate of drug-likeness (QED) is 0.394. The smallest absolute Gasteiger partial charge is 0.233 e. The van der Waals surface area contributed by atoms with Crippen molar-refractivity contribution in [1.82, 2.24) is 24.9 Å². The van der Waals surface area contributed by atoms with Crippen LogP contribution in [0.15, 0.2) is 58.6 Å². The minimum absolute atomic E-state index is 0.103. The van der Waals surface area contributed by atoms with Crippen molar-refractivity contribution in [2.24, 2.45) is 5.92 Å². The largest absolute Gasteiger partial charge is 0.326 e. The molecule has 0 spiro atoms. The Labute approximate surface area is 183 Å². The number of aromatic nitrogens is 5. The monoisotopic (exact) mass is 431 g/mol. The van der Waals surface area contributed by atoms with Gasteiger partial charge in [-0.25, -0.2) is 9.97 Å². The number of anilines is 3. The zero-order chi connectivity index (χ0) is 21.2. The van der Waals surface area contributed by atoms with Crippen LogP contribution in [0.5, 0.6) is 0 Å². The summed E-state index contributed by atoms with van der Waals surface area (Å²) in [5.74, 6) is 2.02. The zero-order valence-electron chi connectivity index (χ0n) is 16.9. The molecule has 2 heterocycles. The standard InChI is InChI=1S/C22H21N7OS/c1-2-18-26-21(28-20-24-16-5-3-4-6-17(16)25-20)29-22(27-18)31-15-11-9-14(10-12-15)23-19(30)13-7-8-13/h3-6,9-13H,2,7-8H2,1H3,(H,23,30)(H2,24,25,26,27,28,29). The third kappa shape index (κ3) is 4.66. The molecule has 0 aliphatic heterocycles. The van der Waals surface area contributed by atoms with Crippen LogP contribution in [-0.2, 0) is 11.2 Å². The number of aromatic amines is 1. The number of rotatable bonds is 7. The molecule has 4 aromatic rings. The fraction of sp³-hybridized carbons (Fsp3) is 0.227. The maximum atomic E-state index is 11.9. The Hall–Kier alpha value is -3.46. The molecular weight excluding hydrogens is 410 g/mol. The van der Waals surface area contributed by atoms with Gasteiger partial charge in [-0.1, -0.05) is 19.1 Å². The average Bonchev–Trinajstić information content (AvgIpc) is 3.55. The summed E-state index contributed by atoms with van der Waals surface area (Å²) in [5, 5.41) is 6.70. The summed E-state index contributed by atoms with van der Waals surface area (Å²) in [5.41, 5.74) is 2.62. The summed E-state index contributed by atoms with van der Waals surface area (Å²) in [6.45, 7) is 2.01. The lowest BCUT2D eigenvalue weighted by molar-refractivity contribution is -0.117. The minimum Gasteiger partial charge on any atom is -0.326 e. The summed E-state index contributed by atoms with van der Waals surface area (Å²) < 4.78 is 0. The lowest BCUT2D eigenvalue weighted by Crippen LogP contribution is -2.12. The molecule has 156 valence electrons. The van der Waals surface area contributed by atoms with E-state index in [1.165, 1.54) is 11.8 Å². The van der Waals surface area contributed by atoms with Gasteiger partial charge in [0.15, 0.2) is 5.16 Å². The number of benzene rings is 2. The predicted molar refractivity (Wildman–Crippen MR) is 121 cm³/mol. The van der Waals surface area contributed by atoms with Gasteiger partial charge in [0.2, 0.25) is 17.8 Å². The fourth-order valence-electron chi connectivity index (χ4n) is 3.08. The van der Waals surface area contributed by atoms with Crippen molar-refractivity contribution >= 4 is 46.3 Å². The average molecular weight is 432 g/mol. The van der Waals surface area contributed by atoms with Crippen LogP contribution in [0.2, 0.25) is 0 Å². The first-order valence-electron chi connectivity index (χ1n) is 10.2. The second kappa shape index (κ2) is 8.35. The molecule has 1 aliphatic rings. The van der Waals surface area contributed by atoms with Gasteiger partial charge >= 0.3 is 0 Å². The normalized spacial score (nSPS) is 13.3. The van der Waals surface area contributed by atoms with E-state index in [-0.39, 0.29) is 11.8 Å². The number of para-hydroxylation sites is 2. The van der Waals surface area contributed by atoms with Gasteiger partial charge < -0.3 is 10.3 Å². The molecule has 0 radical (unpaired) electrons. The van der Waals surface area contributed by atoms with Crippen LogP contribution in [0.3, 0.4) is 0 Å². The van der Waals surface area contributed by atoms with Crippen LogP contribution in [0.25, 0.3) is 11.0 Å². The SMILES string of the molecule is CCc1nc(Nc2nc3ccccc3[nH]2)nc(Sc2ccc(NC(=O)C3CC3)cc2)n1. The van der Waals surface area contributed by atoms with Crippen molar-refractivity contribution in [2.75, 3.05) is 10.6 Å². The highest BCUT2D eigenvalue weighted by Crippen LogP contribution is 2.31. The summed E-state index contributed by atoms with van der Waals surface area (Å²) in [4.78, 5) is 34.2. The second-order valence-corrected chi connectivity index (χ2v) is 8.37. The van der Waals surface area contributed by atoms with E-state index in [1.807, 2.05) is 55.5 Å². The van der Waals surface area contributed by atoms with Gasteiger partial charge in [0, 0.05) is 22.9 Å². The summed E-state index contributed by atoms with van der Waals surface area (Å²) >= 11 is 1.45. The zero-order valence-corrected chi connectivity index (χ0v) is 17.7. The number of nitrogens with one attached hydrogen (secondary N) is 3. The highest BCUT2D eigenvalue weighted by molar-refractivity contribution is 7.99. The lowest BCUT2D eigenvalue weighted by atomic mass is 10.3. The van der Waals surface area contributed by atoms with E-state index in [0.29, 0.717) is 29.3 Å². The number of hydrogen-bond donors (Lipinski definition) is 3. The number of imidazole rings is 1. The van der Waals surface area contributed by atoms with Crippen molar-refractivity contribution in [2.45, 2.75) is 36.2 Å². The van der Waals surface area contributed by atoms with Crippen LogP contribution >= 0.6 is 11.8 Å². The number of nitrogens with zero attached hydrogens (tertiary/aromatic N) is 4. The maximum Gasteiger partial charge on any atom is 0.233 e. The minimum atomic E-state index is 0.103. The van der Waals surface area contributed by atoms with Crippen molar-refractivity contribution in [3.05, 3.63) is 54.4 Å². The molecule has 2 aromatic heterocycles. The molecule has 0 bridgehead atoms. The second-order valence-electron chi connectivity index (χ2n) is 7.33. The van der Waals surface area contributed by atoms with Crippen molar-refractivity contribution in [3.63, 3.8) is 0 Å². The molecule has 2 aromatic carbocycles. The van der Waals surface area contributed by atoms with E-state index in [4.69, 9.17) is 0 Å². The number of fused-ring (bicyclic) bond motifs is 1. The molecule has 1 fully saturated rings. The maximum absolute atomic E-state index is 11.9. The molecule has 1 amide bonds. The Morgan fingerprint density at radius 2 is 1.87 bits per heavy atom. The molecule has 1 aliphatic carbocycles. The molecule has 8 nitrogen and oxygen atoms in total. The van der Waals surface area contributed by atoms with E-state index in [2.05, 4.69) is 35.6 Å². The Bertz CT molecular complexity index is 1200. The number of carbonyl (C=O) groups is 1. The van der Waals surface area contributed by atoms with E-state index in [9.17, 15) is 4.79 Å².